The van der Waals surface area contributed by atoms with Crippen molar-refractivity contribution in [3.63, 3.8) is 0 Å². The summed E-state index contributed by atoms with van der Waals surface area (Å²) in [5.74, 6) is 1.54. The van der Waals surface area contributed by atoms with Crippen LogP contribution in [0.4, 0.5) is 0 Å². The molecule has 35 heavy (non-hydrogen) atoms. The van der Waals surface area contributed by atoms with Crippen LogP contribution in [-0.4, -0.2) is 55.5 Å². The van der Waals surface area contributed by atoms with E-state index in [2.05, 4.69) is 25.6 Å². The van der Waals surface area contributed by atoms with E-state index in [-0.39, 0.29) is 12.5 Å². The van der Waals surface area contributed by atoms with E-state index in [0.29, 0.717) is 36.0 Å². The standard InChI is InChI=1S/C25H23N7O3/c1-34-21-4-2-3-20(15-21)24-29-28-22-9-10-23(30-32(22)24)35-14-12-27-25(33)19-7-5-18(6-8-19)16-31-13-11-26-17-31/h2-11,13,15,17H,12,14,16H2,1H3,(H,27,33). The van der Waals surface area contributed by atoms with Gasteiger partial charge in [0.2, 0.25) is 5.88 Å². The molecule has 2 aromatic carbocycles. The number of imidazole rings is 1. The van der Waals surface area contributed by atoms with Crippen molar-refractivity contribution < 1.29 is 14.3 Å². The van der Waals surface area contributed by atoms with Crippen LogP contribution in [0.2, 0.25) is 0 Å². The number of aromatic nitrogens is 6. The van der Waals surface area contributed by atoms with Crippen molar-refractivity contribution in [2.45, 2.75) is 6.54 Å². The maximum atomic E-state index is 12.4. The van der Waals surface area contributed by atoms with Crippen LogP contribution in [0.25, 0.3) is 17.0 Å². The van der Waals surface area contributed by atoms with E-state index in [1.54, 1.807) is 36.3 Å². The molecule has 176 valence electrons. The third-order valence-corrected chi connectivity index (χ3v) is 5.34. The third-order valence-electron chi connectivity index (χ3n) is 5.34. The van der Waals surface area contributed by atoms with Gasteiger partial charge in [-0.25, -0.2) is 4.98 Å². The zero-order valence-electron chi connectivity index (χ0n) is 19.0. The minimum absolute atomic E-state index is 0.162. The monoisotopic (exact) mass is 469 g/mol. The minimum atomic E-state index is -0.162. The molecule has 10 nitrogen and oxygen atoms in total. The second-order valence-electron chi connectivity index (χ2n) is 7.73. The molecule has 0 unspecified atom stereocenters. The van der Waals surface area contributed by atoms with E-state index in [0.717, 1.165) is 16.9 Å². The van der Waals surface area contributed by atoms with E-state index in [4.69, 9.17) is 9.47 Å². The first-order chi connectivity index (χ1) is 17.2. The smallest absolute Gasteiger partial charge is 0.251 e. The van der Waals surface area contributed by atoms with Crippen LogP contribution in [0.15, 0.2) is 79.4 Å². The summed E-state index contributed by atoms with van der Waals surface area (Å²) in [7, 11) is 1.61. The van der Waals surface area contributed by atoms with E-state index in [1.807, 2.05) is 59.3 Å². The minimum Gasteiger partial charge on any atom is -0.497 e. The highest BCUT2D eigenvalue weighted by atomic mass is 16.5. The quantitative estimate of drug-likeness (QED) is 0.331. The Bertz CT molecular complexity index is 1430. The Balaban J connectivity index is 1.17. The Labute approximate surface area is 201 Å². The maximum absolute atomic E-state index is 12.4. The number of carbonyl (C=O) groups excluding carboxylic acids is 1. The summed E-state index contributed by atoms with van der Waals surface area (Å²) in [5.41, 5.74) is 3.10. The van der Waals surface area contributed by atoms with E-state index in [1.165, 1.54) is 0 Å². The van der Waals surface area contributed by atoms with Crippen LogP contribution >= 0.6 is 0 Å². The molecule has 1 N–H and O–H groups in total. The highest BCUT2D eigenvalue weighted by molar-refractivity contribution is 5.94. The summed E-state index contributed by atoms with van der Waals surface area (Å²) >= 11 is 0. The van der Waals surface area contributed by atoms with E-state index >= 15 is 0 Å². The Morgan fingerprint density at radius 3 is 2.74 bits per heavy atom. The van der Waals surface area contributed by atoms with Crippen molar-refractivity contribution in [1.29, 1.82) is 0 Å². The second kappa shape index (κ2) is 10.0. The molecule has 0 saturated carbocycles. The van der Waals surface area contributed by atoms with Gasteiger partial charge in [0.05, 0.1) is 20.0 Å². The van der Waals surface area contributed by atoms with Crippen molar-refractivity contribution in [3.05, 3.63) is 90.5 Å². The Morgan fingerprint density at radius 1 is 1.06 bits per heavy atom. The number of carbonyl (C=O) groups is 1. The predicted molar refractivity (Wildman–Crippen MR) is 128 cm³/mol. The van der Waals surface area contributed by atoms with Crippen molar-refractivity contribution in [1.82, 2.24) is 34.7 Å². The zero-order valence-corrected chi connectivity index (χ0v) is 19.0. The fourth-order valence-electron chi connectivity index (χ4n) is 3.57. The first-order valence-electron chi connectivity index (χ1n) is 11.0. The summed E-state index contributed by atoms with van der Waals surface area (Å²) in [6.45, 7) is 1.30. The van der Waals surface area contributed by atoms with Crippen LogP contribution in [0.3, 0.4) is 0 Å². The lowest BCUT2D eigenvalue weighted by atomic mass is 10.1. The summed E-state index contributed by atoms with van der Waals surface area (Å²) in [6, 6.07) is 18.5. The van der Waals surface area contributed by atoms with Gasteiger partial charge in [-0.3, -0.25) is 4.79 Å². The van der Waals surface area contributed by atoms with Gasteiger partial charge in [0, 0.05) is 36.1 Å². The van der Waals surface area contributed by atoms with Gasteiger partial charge in [0.1, 0.15) is 12.4 Å². The zero-order chi connectivity index (χ0) is 24.0. The van der Waals surface area contributed by atoms with Crippen LogP contribution in [0, 0.1) is 0 Å². The highest BCUT2D eigenvalue weighted by Gasteiger charge is 2.12. The molecule has 3 aromatic heterocycles. The Hall–Kier alpha value is -4.73. The molecular weight excluding hydrogens is 446 g/mol. The number of amides is 1. The van der Waals surface area contributed by atoms with Crippen LogP contribution < -0.4 is 14.8 Å². The van der Waals surface area contributed by atoms with E-state index < -0.39 is 0 Å². The molecule has 0 atom stereocenters. The topological polar surface area (TPSA) is 108 Å². The molecule has 0 aliphatic rings. The van der Waals surface area contributed by atoms with Crippen LogP contribution in [-0.2, 0) is 6.54 Å². The largest absolute Gasteiger partial charge is 0.497 e. The van der Waals surface area contributed by atoms with Crippen molar-refractivity contribution in [2.24, 2.45) is 0 Å². The van der Waals surface area contributed by atoms with Gasteiger partial charge in [0.15, 0.2) is 11.5 Å². The van der Waals surface area contributed by atoms with Gasteiger partial charge in [-0.05, 0) is 35.9 Å². The molecule has 5 aromatic rings. The van der Waals surface area contributed by atoms with Crippen LogP contribution in [0.5, 0.6) is 11.6 Å². The van der Waals surface area contributed by atoms with E-state index in [9.17, 15) is 4.79 Å². The summed E-state index contributed by atoms with van der Waals surface area (Å²) in [5, 5.41) is 15.8. The average molecular weight is 470 g/mol. The molecule has 0 saturated heterocycles. The lowest BCUT2D eigenvalue weighted by Gasteiger charge is -2.09. The molecule has 5 rings (SSSR count). The van der Waals surface area contributed by atoms with Gasteiger partial charge < -0.3 is 19.4 Å². The molecule has 10 heteroatoms. The third kappa shape index (κ3) is 5.11. The SMILES string of the molecule is COc1cccc(-c2nnc3ccc(OCCNC(=O)c4ccc(Cn5ccnc5)cc4)nn23)c1. The molecule has 0 bridgehead atoms. The Morgan fingerprint density at radius 2 is 1.94 bits per heavy atom. The van der Waals surface area contributed by atoms with Crippen LogP contribution in [0.1, 0.15) is 15.9 Å². The number of methoxy groups -OCH3 is 1. The van der Waals surface area contributed by atoms with Gasteiger partial charge in [-0.15, -0.1) is 15.3 Å². The summed E-state index contributed by atoms with van der Waals surface area (Å²) in [6.07, 6.45) is 5.40. The molecule has 1 amide bonds. The first-order valence-corrected chi connectivity index (χ1v) is 11.0. The highest BCUT2D eigenvalue weighted by Crippen LogP contribution is 2.23. The van der Waals surface area contributed by atoms with Gasteiger partial charge in [0.25, 0.3) is 5.91 Å². The second-order valence-corrected chi connectivity index (χ2v) is 7.73. The average Bonchev–Trinajstić information content (AvgIpc) is 3.56. The number of rotatable bonds is 9. The van der Waals surface area contributed by atoms with Gasteiger partial charge in [-0.2, -0.15) is 4.52 Å². The number of hydrogen-bond donors (Lipinski definition) is 1. The van der Waals surface area contributed by atoms with Crippen molar-refractivity contribution in [2.75, 3.05) is 20.3 Å². The predicted octanol–water partition coefficient (Wildman–Crippen LogP) is 2.85. The fourth-order valence-corrected chi connectivity index (χ4v) is 3.57. The number of hydrogen-bond acceptors (Lipinski definition) is 7. The first kappa shape index (κ1) is 22.1. The lowest BCUT2D eigenvalue weighted by molar-refractivity contribution is 0.0946. The molecule has 0 fully saturated rings. The normalized spacial score (nSPS) is 10.9. The molecule has 3 heterocycles. The molecule has 0 radical (unpaired) electrons. The Kier molecular flexibility index (Phi) is 6.33. The number of nitrogens with one attached hydrogen (secondary N) is 1. The summed E-state index contributed by atoms with van der Waals surface area (Å²) in [4.78, 5) is 16.5. The van der Waals surface area contributed by atoms with Crippen molar-refractivity contribution in [3.8, 4) is 23.0 Å². The lowest BCUT2D eigenvalue weighted by Crippen LogP contribution is -2.28. The number of ether oxygens (including phenoxy) is 2. The van der Waals surface area contributed by atoms with Gasteiger partial charge >= 0.3 is 0 Å². The number of benzene rings is 2. The fraction of sp³-hybridized carbons (Fsp3) is 0.160. The van der Waals surface area contributed by atoms with Crippen molar-refractivity contribution >= 4 is 11.6 Å². The molecular formula is C25H23N7O3. The summed E-state index contributed by atoms with van der Waals surface area (Å²) < 4.78 is 14.6. The number of fused-ring (bicyclic) bond motifs is 1. The molecule has 0 aliphatic heterocycles. The molecule has 0 aliphatic carbocycles. The number of nitrogens with zero attached hydrogens (tertiary/aromatic N) is 6. The molecule has 0 spiro atoms. The van der Waals surface area contributed by atoms with Gasteiger partial charge in [-0.1, -0.05) is 24.3 Å². The maximum Gasteiger partial charge on any atom is 0.251 e.